The number of allylic oxidation sites excluding steroid dienone is 1. The van der Waals surface area contributed by atoms with Gasteiger partial charge in [-0.1, -0.05) is 28.7 Å². The van der Waals surface area contributed by atoms with E-state index in [1.807, 2.05) is 0 Å². The van der Waals surface area contributed by atoms with E-state index in [0.29, 0.717) is 0 Å². The lowest BCUT2D eigenvalue weighted by Crippen LogP contribution is -2.13. The Morgan fingerprint density at radius 1 is 1.33 bits per heavy atom. The van der Waals surface area contributed by atoms with Crippen LogP contribution in [0.3, 0.4) is 0 Å². The van der Waals surface area contributed by atoms with Gasteiger partial charge in [-0.2, -0.15) is 0 Å². The molecule has 1 fully saturated rings. The Kier molecular flexibility index (Phi) is 3.58. The molecule has 9 heavy (non-hydrogen) atoms. The molecule has 0 bridgehead atoms. The van der Waals surface area contributed by atoms with Crippen molar-refractivity contribution in [3.63, 3.8) is 0 Å². The van der Waals surface area contributed by atoms with Gasteiger partial charge in [0.15, 0.2) is 0 Å². The summed E-state index contributed by atoms with van der Waals surface area (Å²) >= 11 is 2.27. The monoisotopic (exact) mass is 238 g/mol. The van der Waals surface area contributed by atoms with Crippen molar-refractivity contribution in [2.45, 2.75) is 12.8 Å². The van der Waals surface area contributed by atoms with Gasteiger partial charge in [0.1, 0.15) is 0 Å². The van der Waals surface area contributed by atoms with Gasteiger partial charge in [0.25, 0.3) is 0 Å². The second-order valence-corrected chi connectivity index (χ2v) is 2.99. The number of rotatable bonds is 1. The molecule has 0 aromatic rings. The molecule has 1 nitrogen and oxygen atoms in total. The fourth-order valence-corrected chi connectivity index (χ4v) is 1.60. The molecule has 0 saturated carbocycles. The standard InChI is InChI=1S/C7H11IO/c8-4-1-7-2-5-9-6-3-7/h1,4,7H,2-3,5-6H2/b4-1+. The minimum atomic E-state index is 0.788. The molecule has 2 heteroatoms. The van der Waals surface area contributed by atoms with Crippen molar-refractivity contribution in [2.75, 3.05) is 13.2 Å². The molecular formula is C7H11IO. The van der Waals surface area contributed by atoms with Gasteiger partial charge >= 0.3 is 0 Å². The summed E-state index contributed by atoms with van der Waals surface area (Å²) in [5.41, 5.74) is 0. The van der Waals surface area contributed by atoms with Gasteiger partial charge in [0, 0.05) is 13.2 Å². The molecule has 0 amide bonds. The number of hydrogen-bond donors (Lipinski definition) is 0. The maximum atomic E-state index is 5.21. The lowest BCUT2D eigenvalue weighted by atomic mass is 10.0. The molecule has 1 rings (SSSR count). The van der Waals surface area contributed by atoms with Gasteiger partial charge in [0.05, 0.1) is 0 Å². The molecule has 0 aliphatic carbocycles. The minimum Gasteiger partial charge on any atom is -0.381 e. The normalized spacial score (nSPS) is 23.2. The molecule has 1 aliphatic rings. The Bertz CT molecular complexity index is 95.1. The summed E-state index contributed by atoms with van der Waals surface area (Å²) in [5, 5.41) is 0. The largest absolute Gasteiger partial charge is 0.381 e. The molecular weight excluding hydrogens is 227 g/mol. The molecule has 1 saturated heterocycles. The number of halogens is 1. The van der Waals surface area contributed by atoms with Gasteiger partial charge in [-0.3, -0.25) is 0 Å². The Morgan fingerprint density at radius 2 is 2.00 bits per heavy atom. The van der Waals surface area contributed by atoms with Crippen LogP contribution >= 0.6 is 22.6 Å². The summed E-state index contributed by atoms with van der Waals surface area (Å²) in [6, 6.07) is 0. The SMILES string of the molecule is I/C=C/C1CCOCC1. The van der Waals surface area contributed by atoms with Gasteiger partial charge < -0.3 is 4.74 Å². The summed E-state index contributed by atoms with van der Waals surface area (Å²) in [5.74, 6) is 0.788. The van der Waals surface area contributed by atoms with Crippen LogP contribution in [0.15, 0.2) is 10.2 Å². The average molecular weight is 238 g/mol. The zero-order chi connectivity index (χ0) is 6.53. The zero-order valence-electron chi connectivity index (χ0n) is 5.35. The summed E-state index contributed by atoms with van der Waals surface area (Å²) in [6.07, 6.45) is 4.68. The molecule has 0 aromatic carbocycles. The summed E-state index contributed by atoms with van der Waals surface area (Å²) < 4.78 is 7.31. The van der Waals surface area contributed by atoms with Crippen LogP contribution in [0.25, 0.3) is 0 Å². The van der Waals surface area contributed by atoms with Crippen molar-refractivity contribution in [1.29, 1.82) is 0 Å². The van der Waals surface area contributed by atoms with Crippen LogP contribution in [0.2, 0.25) is 0 Å². The molecule has 1 aliphatic heterocycles. The van der Waals surface area contributed by atoms with E-state index in [9.17, 15) is 0 Å². The van der Waals surface area contributed by atoms with Crippen LogP contribution < -0.4 is 0 Å². The lowest BCUT2D eigenvalue weighted by molar-refractivity contribution is 0.0786. The second-order valence-electron chi connectivity index (χ2n) is 2.27. The topological polar surface area (TPSA) is 9.23 Å². The van der Waals surface area contributed by atoms with Crippen LogP contribution in [-0.4, -0.2) is 13.2 Å². The third kappa shape index (κ3) is 2.67. The fourth-order valence-electron chi connectivity index (χ4n) is 1.01. The van der Waals surface area contributed by atoms with Crippen molar-refractivity contribution >= 4 is 22.6 Å². The summed E-state index contributed by atoms with van der Waals surface area (Å²) in [7, 11) is 0. The maximum Gasteiger partial charge on any atom is 0.0471 e. The summed E-state index contributed by atoms with van der Waals surface area (Å²) in [6.45, 7) is 1.90. The number of ether oxygens (including phenoxy) is 1. The Morgan fingerprint density at radius 3 is 2.56 bits per heavy atom. The van der Waals surface area contributed by atoms with Crippen molar-refractivity contribution in [1.82, 2.24) is 0 Å². The zero-order valence-corrected chi connectivity index (χ0v) is 7.50. The number of hydrogen-bond acceptors (Lipinski definition) is 1. The average Bonchev–Trinajstić information content (AvgIpc) is 1.91. The van der Waals surface area contributed by atoms with E-state index in [-0.39, 0.29) is 0 Å². The molecule has 0 N–H and O–H groups in total. The molecule has 52 valence electrons. The fraction of sp³-hybridized carbons (Fsp3) is 0.714. The Balaban J connectivity index is 2.23. The first-order valence-corrected chi connectivity index (χ1v) is 4.52. The second kappa shape index (κ2) is 4.28. The third-order valence-corrected chi connectivity index (χ3v) is 2.03. The maximum absolute atomic E-state index is 5.21. The molecule has 0 unspecified atom stereocenters. The van der Waals surface area contributed by atoms with Crippen molar-refractivity contribution < 1.29 is 4.74 Å². The third-order valence-electron chi connectivity index (χ3n) is 1.61. The molecule has 0 radical (unpaired) electrons. The van der Waals surface area contributed by atoms with Gasteiger partial charge in [-0.15, -0.1) is 0 Å². The highest BCUT2D eigenvalue weighted by atomic mass is 127. The smallest absolute Gasteiger partial charge is 0.0471 e. The van der Waals surface area contributed by atoms with Crippen LogP contribution in [-0.2, 0) is 4.74 Å². The highest BCUT2D eigenvalue weighted by Gasteiger charge is 2.08. The molecule has 0 spiro atoms. The molecule has 0 aromatic heterocycles. The minimum absolute atomic E-state index is 0.788. The highest BCUT2D eigenvalue weighted by Crippen LogP contribution is 2.16. The van der Waals surface area contributed by atoms with Gasteiger partial charge in [-0.25, -0.2) is 0 Å². The van der Waals surface area contributed by atoms with E-state index >= 15 is 0 Å². The first kappa shape index (κ1) is 7.54. The van der Waals surface area contributed by atoms with Gasteiger partial charge in [-0.05, 0) is 22.8 Å². The highest BCUT2D eigenvalue weighted by molar-refractivity contribution is 14.1. The van der Waals surface area contributed by atoms with Crippen molar-refractivity contribution in [3.05, 3.63) is 10.2 Å². The van der Waals surface area contributed by atoms with Crippen LogP contribution in [0.5, 0.6) is 0 Å². The predicted octanol–water partition coefficient (Wildman–Crippen LogP) is 2.36. The van der Waals surface area contributed by atoms with Crippen LogP contribution in [0.4, 0.5) is 0 Å². The lowest BCUT2D eigenvalue weighted by Gasteiger charge is -2.17. The van der Waals surface area contributed by atoms with E-state index in [0.717, 1.165) is 19.1 Å². The van der Waals surface area contributed by atoms with Gasteiger partial charge in [0.2, 0.25) is 0 Å². The van der Waals surface area contributed by atoms with E-state index in [1.54, 1.807) is 0 Å². The quantitative estimate of drug-likeness (QED) is 0.637. The van der Waals surface area contributed by atoms with Crippen molar-refractivity contribution in [2.24, 2.45) is 5.92 Å². The van der Waals surface area contributed by atoms with Crippen LogP contribution in [0.1, 0.15) is 12.8 Å². The Labute approximate surface area is 69.6 Å². The van der Waals surface area contributed by atoms with E-state index in [1.165, 1.54) is 12.8 Å². The molecule has 0 atom stereocenters. The van der Waals surface area contributed by atoms with E-state index in [4.69, 9.17) is 4.74 Å². The van der Waals surface area contributed by atoms with Crippen molar-refractivity contribution in [3.8, 4) is 0 Å². The summed E-state index contributed by atoms with van der Waals surface area (Å²) in [4.78, 5) is 0. The van der Waals surface area contributed by atoms with E-state index < -0.39 is 0 Å². The van der Waals surface area contributed by atoms with Crippen LogP contribution in [0, 0.1) is 5.92 Å². The predicted molar refractivity (Wildman–Crippen MR) is 46.7 cm³/mol. The first-order chi connectivity index (χ1) is 4.43. The molecule has 1 heterocycles. The van der Waals surface area contributed by atoms with E-state index in [2.05, 4.69) is 32.7 Å². The first-order valence-electron chi connectivity index (χ1n) is 3.28. The Hall–Kier alpha value is 0.430.